The van der Waals surface area contributed by atoms with Gasteiger partial charge in [-0.2, -0.15) is 0 Å². The molecule has 0 aromatic heterocycles. The Balaban J connectivity index is 1.34. The first-order valence-electron chi connectivity index (χ1n) is 9.64. The Morgan fingerprint density at radius 3 is 2.36 bits per heavy atom. The second kappa shape index (κ2) is 9.94. The smallest absolute Gasteiger partial charge is 0.319 e. The van der Waals surface area contributed by atoms with E-state index in [1.807, 2.05) is 43.3 Å². The number of anilines is 2. The van der Waals surface area contributed by atoms with Crippen LogP contribution in [0.15, 0.2) is 48.5 Å². The van der Waals surface area contributed by atoms with Gasteiger partial charge in [-0.25, -0.2) is 9.18 Å². The fourth-order valence-electron chi connectivity index (χ4n) is 3.19. The highest BCUT2D eigenvalue weighted by Gasteiger charge is 2.17. The molecule has 0 unspecified atom stereocenters. The molecule has 150 valence electrons. The highest BCUT2D eigenvalue weighted by Crippen LogP contribution is 2.17. The quantitative estimate of drug-likeness (QED) is 0.768. The maximum absolute atomic E-state index is 13.0. The van der Waals surface area contributed by atoms with Crippen LogP contribution in [-0.2, 0) is 0 Å². The minimum Gasteiger partial charge on any atom is -0.494 e. The first-order chi connectivity index (χ1) is 13.6. The van der Waals surface area contributed by atoms with Gasteiger partial charge in [-0.1, -0.05) is 0 Å². The summed E-state index contributed by atoms with van der Waals surface area (Å²) in [5.74, 6) is 0.574. The summed E-state index contributed by atoms with van der Waals surface area (Å²) in [7, 11) is 0. The van der Waals surface area contributed by atoms with Crippen molar-refractivity contribution in [2.75, 3.05) is 56.1 Å². The monoisotopic (exact) mass is 386 g/mol. The van der Waals surface area contributed by atoms with E-state index in [-0.39, 0.29) is 11.8 Å². The molecule has 1 aliphatic rings. The zero-order chi connectivity index (χ0) is 19.8. The number of hydrogen-bond acceptors (Lipinski definition) is 4. The van der Waals surface area contributed by atoms with Gasteiger partial charge in [-0.15, -0.1) is 0 Å². The Hall–Kier alpha value is -2.80. The molecule has 0 atom stereocenters. The van der Waals surface area contributed by atoms with Crippen LogP contribution in [0.1, 0.15) is 6.92 Å². The average molecular weight is 386 g/mol. The van der Waals surface area contributed by atoms with E-state index < -0.39 is 0 Å². The predicted octanol–water partition coefficient (Wildman–Crippen LogP) is 3.17. The van der Waals surface area contributed by atoms with Crippen LogP contribution in [0.2, 0.25) is 0 Å². The second-order valence-electron chi connectivity index (χ2n) is 6.64. The van der Waals surface area contributed by atoms with E-state index in [0.717, 1.165) is 49.8 Å². The Morgan fingerprint density at radius 1 is 1.04 bits per heavy atom. The van der Waals surface area contributed by atoms with Crippen LogP contribution in [0.3, 0.4) is 0 Å². The van der Waals surface area contributed by atoms with Gasteiger partial charge in [0.1, 0.15) is 11.6 Å². The van der Waals surface area contributed by atoms with Gasteiger partial charge in [-0.3, -0.25) is 4.90 Å². The van der Waals surface area contributed by atoms with Crippen molar-refractivity contribution in [3.05, 3.63) is 54.3 Å². The van der Waals surface area contributed by atoms with Gasteiger partial charge >= 0.3 is 6.03 Å². The molecule has 1 heterocycles. The molecule has 1 fully saturated rings. The van der Waals surface area contributed by atoms with Crippen molar-refractivity contribution in [3.63, 3.8) is 0 Å². The lowest BCUT2D eigenvalue weighted by atomic mass is 10.2. The number of benzene rings is 2. The van der Waals surface area contributed by atoms with Gasteiger partial charge in [0.25, 0.3) is 0 Å². The van der Waals surface area contributed by atoms with Crippen molar-refractivity contribution < 1.29 is 13.9 Å². The minimum absolute atomic E-state index is 0.211. The van der Waals surface area contributed by atoms with Crippen molar-refractivity contribution in [1.29, 1.82) is 0 Å². The molecule has 2 aromatic carbocycles. The van der Waals surface area contributed by atoms with Crippen molar-refractivity contribution in [2.45, 2.75) is 6.92 Å². The lowest BCUT2D eigenvalue weighted by Gasteiger charge is -2.36. The molecule has 0 radical (unpaired) electrons. The molecule has 0 saturated carbocycles. The van der Waals surface area contributed by atoms with Crippen LogP contribution in [-0.4, -0.2) is 56.8 Å². The molecule has 28 heavy (non-hydrogen) atoms. The van der Waals surface area contributed by atoms with Gasteiger partial charge in [0.15, 0.2) is 0 Å². The summed E-state index contributed by atoms with van der Waals surface area (Å²) >= 11 is 0. The first kappa shape index (κ1) is 19.9. The highest BCUT2D eigenvalue weighted by molar-refractivity contribution is 5.89. The number of nitrogens with zero attached hydrogens (tertiary/aromatic N) is 2. The third-order valence-electron chi connectivity index (χ3n) is 4.70. The molecule has 0 spiro atoms. The van der Waals surface area contributed by atoms with E-state index >= 15 is 0 Å². The van der Waals surface area contributed by atoms with Crippen molar-refractivity contribution in [3.8, 4) is 5.75 Å². The number of rotatable bonds is 7. The summed E-state index contributed by atoms with van der Waals surface area (Å²) in [4.78, 5) is 16.6. The molecule has 7 heteroatoms. The van der Waals surface area contributed by atoms with Crippen molar-refractivity contribution in [2.24, 2.45) is 0 Å². The number of carbonyl (C=O) groups excluding carboxylic acids is 1. The van der Waals surface area contributed by atoms with Gasteiger partial charge in [-0.05, 0) is 55.5 Å². The zero-order valence-electron chi connectivity index (χ0n) is 16.2. The molecule has 3 rings (SSSR count). The van der Waals surface area contributed by atoms with Crippen LogP contribution in [0, 0.1) is 5.82 Å². The third kappa shape index (κ3) is 5.85. The van der Waals surface area contributed by atoms with Crippen LogP contribution in [0.5, 0.6) is 5.75 Å². The SMILES string of the molecule is CCOc1ccc(NC(=O)NCCN2CCN(c3ccc(F)cc3)CC2)cc1. The second-order valence-corrected chi connectivity index (χ2v) is 6.64. The summed E-state index contributed by atoms with van der Waals surface area (Å²) in [6.07, 6.45) is 0. The molecule has 2 amide bonds. The molecule has 0 aliphatic carbocycles. The molecule has 1 saturated heterocycles. The van der Waals surface area contributed by atoms with Crippen LogP contribution >= 0.6 is 0 Å². The first-order valence-corrected chi connectivity index (χ1v) is 9.64. The molecule has 2 N–H and O–H groups in total. The maximum Gasteiger partial charge on any atom is 0.319 e. The van der Waals surface area contributed by atoms with Gasteiger partial charge in [0.2, 0.25) is 0 Å². The number of amides is 2. The number of ether oxygens (including phenoxy) is 1. The van der Waals surface area contributed by atoms with Crippen LogP contribution < -0.4 is 20.3 Å². The molecule has 2 aromatic rings. The number of urea groups is 1. The lowest BCUT2D eigenvalue weighted by Crippen LogP contribution is -2.48. The molecule has 6 nitrogen and oxygen atoms in total. The van der Waals surface area contributed by atoms with E-state index in [9.17, 15) is 9.18 Å². The number of carbonyl (C=O) groups is 1. The van der Waals surface area contributed by atoms with Gasteiger partial charge in [0, 0.05) is 50.6 Å². The van der Waals surface area contributed by atoms with E-state index in [2.05, 4.69) is 20.4 Å². The Kier molecular flexibility index (Phi) is 7.08. The fourth-order valence-corrected chi connectivity index (χ4v) is 3.19. The largest absolute Gasteiger partial charge is 0.494 e. The standard InChI is InChI=1S/C21H27FN4O2/c1-2-28-20-9-5-18(6-10-20)24-21(27)23-11-12-25-13-15-26(16-14-25)19-7-3-17(22)4-8-19/h3-10H,2,11-16H2,1H3,(H2,23,24,27). The molecule has 0 bridgehead atoms. The van der Waals surface area contributed by atoms with E-state index in [1.165, 1.54) is 12.1 Å². The Labute approximate surface area is 165 Å². The highest BCUT2D eigenvalue weighted by atomic mass is 19.1. The average Bonchev–Trinajstić information content (AvgIpc) is 2.71. The zero-order valence-corrected chi connectivity index (χ0v) is 16.2. The third-order valence-corrected chi connectivity index (χ3v) is 4.70. The van der Waals surface area contributed by atoms with Gasteiger partial charge < -0.3 is 20.3 Å². The fraction of sp³-hybridized carbons (Fsp3) is 0.381. The summed E-state index contributed by atoms with van der Waals surface area (Å²) in [6, 6.07) is 13.7. The number of nitrogens with one attached hydrogen (secondary N) is 2. The number of hydrogen-bond donors (Lipinski definition) is 2. The van der Waals surface area contributed by atoms with Gasteiger partial charge in [0.05, 0.1) is 6.61 Å². The Morgan fingerprint density at radius 2 is 1.71 bits per heavy atom. The van der Waals surface area contributed by atoms with Crippen LogP contribution in [0.4, 0.5) is 20.6 Å². The van der Waals surface area contributed by atoms with Crippen LogP contribution in [0.25, 0.3) is 0 Å². The topological polar surface area (TPSA) is 56.8 Å². The normalized spacial score (nSPS) is 14.6. The van der Waals surface area contributed by atoms with E-state index in [4.69, 9.17) is 4.74 Å². The summed E-state index contributed by atoms with van der Waals surface area (Å²) < 4.78 is 18.4. The lowest BCUT2D eigenvalue weighted by molar-refractivity contribution is 0.240. The summed E-state index contributed by atoms with van der Waals surface area (Å²) in [6.45, 7) is 7.55. The molecular weight excluding hydrogens is 359 g/mol. The number of halogens is 1. The molecule has 1 aliphatic heterocycles. The maximum atomic E-state index is 13.0. The Bertz CT molecular complexity index is 744. The van der Waals surface area contributed by atoms with Crippen molar-refractivity contribution in [1.82, 2.24) is 10.2 Å². The van der Waals surface area contributed by atoms with Crippen molar-refractivity contribution >= 4 is 17.4 Å². The summed E-state index contributed by atoms with van der Waals surface area (Å²) in [5.41, 5.74) is 1.78. The van der Waals surface area contributed by atoms with E-state index in [0.29, 0.717) is 13.2 Å². The molecular formula is C21H27FN4O2. The minimum atomic E-state index is -0.214. The van der Waals surface area contributed by atoms with E-state index in [1.54, 1.807) is 0 Å². The predicted molar refractivity (Wildman–Crippen MR) is 110 cm³/mol. The number of piperazine rings is 1. The summed E-state index contributed by atoms with van der Waals surface area (Å²) in [5, 5.41) is 5.71.